The molecule has 2 rings (SSSR count). The van der Waals surface area contributed by atoms with E-state index in [1.807, 2.05) is 0 Å². The van der Waals surface area contributed by atoms with Crippen LogP contribution in [0.4, 0.5) is 5.82 Å². The maximum atomic E-state index is 5.62. The van der Waals surface area contributed by atoms with Gasteiger partial charge < -0.3 is 5.73 Å². The van der Waals surface area contributed by atoms with Gasteiger partial charge in [-0.2, -0.15) is 0 Å². The summed E-state index contributed by atoms with van der Waals surface area (Å²) in [7, 11) is 0. The average Bonchev–Trinajstić information content (AvgIpc) is 2.53. The lowest BCUT2D eigenvalue weighted by molar-refractivity contribution is 1.17. The molecule has 0 aliphatic heterocycles. The molecule has 2 heterocycles. The van der Waals surface area contributed by atoms with E-state index in [1.54, 1.807) is 17.9 Å². The first-order chi connectivity index (χ1) is 5.88. The molecular weight excluding hydrogens is 172 g/mol. The van der Waals surface area contributed by atoms with Gasteiger partial charge >= 0.3 is 0 Å². The molecule has 0 bridgehead atoms. The van der Waals surface area contributed by atoms with E-state index < -0.39 is 0 Å². The van der Waals surface area contributed by atoms with Crippen molar-refractivity contribution in [3.63, 3.8) is 0 Å². The summed E-state index contributed by atoms with van der Waals surface area (Å²) in [5.74, 6) is 0.537. The Hall–Kier alpha value is -1.49. The zero-order valence-electron chi connectivity index (χ0n) is 6.14. The van der Waals surface area contributed by atoms with Crippen LogP contribution in [0.3, 0.4) is 0 Å². The van der Waals surface area contributed by atoms with E-state index in [0.717, 1.165) is 10.4 Å². The topological polar surface area (TPSA) is 64.7 Å². The Labute approximate surface area is 73.1 Å². The van der Waals surface area contributed by atoms with E-state index in [1.165, 1.54) is 17.7 Å². The first-order valence-electron chi connectivity index (χ1n) is 3.32. The maximum Gasteiger partial charge on any atom is 0.142 e. The Morgan fingerprint density at radius 1 is 1.25 bits per heavy atom. The van der Waals surface area contributed by atoms with Crippen molar-refractivity contribution in [1.82, 2.24) is 15.0 Å². The van der Waals surface area contributed by atoms with E-state index in [-0.39, 0.29) is 0 Å². The van der Waals surface area contributed by atoms with Crippen molar-refractivity contribution >= 4 is 17.2 Å². The lowest BCUT2D eigenvalue weighted by Gasteiger charge is -1.94. The Morgan fingerprint density at radius 3 is 2.58 bits per heavy atom. The smallest absolute Gasteiger partial charge is 0.142 e. The van der Waals surface area contributed by atoms with Gasteiger partial charge in [-0.25, -0.2) is 15.0 Å². The van der Waals surface area contributed by atoms with Crippen molar-refractivity contribution in [2.75, 3.05) is 5.73 Å². The van der Waals surface area contributed by atoms with Crippen LogP contribution in [0.1, 0.15) is 0 Å². The molecule has 0 radical (unpaired) electrons. The van der Waals surface area contributed by atoms with Gasteiger partial charge in [0.05, 0.1) is 10.4 Å². The Bertz CT molecular complexity index is 370. The van der Waals surface area contributed by atoms with Gasteiger partial charge in [-0.1, -0.05) is 0 Å². The molecule has 0 saturated heterocycles. The Morgan fingerprint density at radius 2 is 2.00 bits per heavy atom. The molecule has 2 N–H and O–H groups in total. The van der Waals surface area contributed by atoms with Crippen LogP contribution in [0.15, 0.2) is 24.2 Å². The third-order valence-corrected chi connectivity index (χ3v) is 2.31. The highest BCUT2D eigenvalue weighted by Gasteiger charge is 2.04. The minimum atomic E-state index is 0.537. The number of nitrogens with two attached hydrogens (primary N) is 1. The number of hydrogen-bond donors (Lipinski definition) is 1. The van der Waals surface area contributed by atoms with Gasteiger partial charge in [0.2, 0.25) is 0 Å². The third-order valence-electron chi connectivity index (χ3n) is 1.42. The van der Waals surface area contributed by atoms with Gasteiger partial charge in [-0.05, 0) is 0 Å². The maximum absolute atomic E-state index is 5.62. The number of thiazole rings is 1. The zero-order chi connectivity index (χ0) is 8.39. The van der Waals surface area contributed by atoms with E-state index >= 15 is 0 Å². The number of rotatable bonds is 1. The fourth-order valence-electron chi connectivity index (χ4n) is 0.887. The summed E-state index contributed by atoms with van der Waals surface area (Å²) in [6.07, 6.45) is 4.93. The van der Waals surface area contributed by atoms with Crippen LogP contribution in [0.2, 0.25) is 0 Å². The summed E-state index contributed by atoms with van der Waals surface area (Å²) in [6.45, 7) is 0. The zero-order valence-corrected chi connectivity index (χ0v) is 6.95. The van der Waals surface area contributed by atoms with Gasteiger partial charge in [0, 0.05) is 18.0 Å². The normalized spacial score (nSPS) is 10.0. The monoisotopic (exact) mass is 178 g/mol. The molecule has 0 saturated carbocycles. The fraction of sp³-hybridized carbons (Fsp3) is 0. The highest BCUT2D eigenvalue weighted by atomic mass is 32.1. The molecule has 60 valence electrons. The van der Waals surface area contributed by atoms with Crippen LogP contribution in [0.5, 0.6) is 0 Å². The van der Waals surface area contributed by atoms with Gasteiger partial charge in [0.15, 0.2) is 0 Å². The molecule has 4 nitrogen and oxygen atoms in total. The van der Waals surface area contributed by atoms with Crippen LogP contribution in [0.25, 0.3) is 10.4 Å². The van der Waals surface area contributed by atoms with Crippen LogP contribution in [0, 0.1) is 0 Å². The molecule has 0 spiro atoms. The van der Waals surface area contributed by atoms with Gasteiger partial charge in [0.25, 0.3) is 0 Å². The number of aromatic nitrogens is 3. The molecule has 0 aliphatic rings. The minimum Gasteiger partial charge on any atom is -0.382 e. The first kappa shape index (κ1) is 7.17. The van der Waals surface area contributed by atoms with Crippen molar-refractivity contribution in [2.24, 2.45) is 0 Å². The second-order valence-corrected chi connectivity index (χ2v) is 3.05. The molecule has 5 heteroatoms. The molecule has 0 aromatic carbocycles. The molecule has 0 atom stereocenters. The summed E-state index contributed by atoms with van der Waals surface area (Å²) in [5.41, 5.74) is 8.24. The SMILES string of the molecule is Nc1ncsc1-c1cncnc1. The van der Waals surface area contributed by atoms with Crippen LogP contribution in [-0.4, -0.2) is 15.0 Å². The second-order valence-electron chi connectivity index (χ2n) is 2.19. The lowest BCUT2D eigenvalue weighted by atomic mass is 10.3. The van der Waals surface area contributed by atoms with Crippen LogP contribution >= 0.6 is 11.3 Å². The molecule has 0 unspecified atom stereocenters. The van der Waals surface area contributed by atoms with E-state index in [0.29, 0.717) is 5.82 Å². The van der Waals surface area contributed by atoms with Crippen molar-refractivity contribution in [3.05, 3.63) is 24.2 Å². The van der Waals surface area contributed by atoms with Gasteiger partial charge in [-0.3, -0.25) is 0 Å². The molecule has 0 aliphatic carbocycles. The highest BCUT2D eigenvalue weighted by Crippen LogP contribution is 2.27. The molecule has 2 aromatic heterocycles. The van der Waals surface area contributed by atoms with E-state index in [4.69, 9.17) is 5.73 Å². The minimum absolute atomic E-state index is 0.537. The highest BCUT2D eigenvalue weighted by molar-refractivity contribution is 7.13. The number of hydrogen-bond acceptors (Lipinski definition) is 5. The lowest BCUT2D eigenvalue weighted by Crippen LogP contribution is -1.87. The molecular formula is C7H6N4S. The average molecular weight is 178 g/mol. The van der Waals surface area contributed by atoms with Crippen LogP contribution < -0.4 is 5.73 Å². The van der Waals surface area contributed by atoms with Crippen molar-refractivity contribution in [1.29, 1.82) is 0 Å². The largest absolute Gasteiger partial charge is 0.382 e. The van der Waals surface area contributed by atoms with Gasteiger partial charge in [-0.15, -0.1) is 11.3 Å². The van der Waals surface area contributed by atoms with Crippen LogP contribution in [-0.2, 0) is 0 Å². The summed E-state index contributed by atoms with van der Waals surface area (Å²) in [6, 6.07) is 0. The second kappa shape index (κ2) is 2.86. The number of anilines is 1. The summed E-state index contributed by atoms with van der Waals surface area (Å²) in [4.78, 5) is 12.6. The predicted octanol–water partition coefficient (Wildman–Crippen LogP) is 1.18. The molecule has 2 aromatic rings. The van der Waals surface area contributed by atoms with Crippen molar-refractivity contribution in [2.45, 2.75) is 0 Å². The Kier molecular flexibility index (Phi) is 1.71. The number of nitrogens with zero attached hydrogens (tertiary/aromatic N) is 3. The van der Waals surface area contributed by atoms with Crippen molar-refractivity contribution < 1.29 is 0 Å². The van der Waals surface area contributed by atoms with E-state index in [2.05, 4.69) is 15.0 Å². The van der Waals surface area contributed by atoms with Crippen molar-refractivity contribution in [3.8, 4) is 10.4 Å². The third kappa shape index (κ3) is 1.14. The predicted molar refractivity (Wildman–Crippen MR) is 47.6 cm³/mol. The summed E-state index contributed by atoms with van der Waals surface area (Å²) >= 11 is 1.49. The summed E-state index contributed by atoms with van der Waals surface area (Å²) in [5, 5.41) is 0. The number of nitrogen functional groups attached to an aromatic ring is 1. The molecule has 12 heavy (non-hydrogen) atoms. The Balaban J connectivity index is 2.51. The first-order valence-corrected chi connectivity index (χ1v) is 4.20. The quantitative estimate of drug-likeness (QED) is 0.712. The fourth-order valence-corrected chi connectivity index (χ4v) is 1.57. The summed E-state index contributed by atoms with van der Waals surface area (Å²) < 4.78 is 0. The van der Waals surface area contributed by atoms with E-state index in [9.17, 15) is 0 Å². The molecule has 0 fully saturated rings. The molecule has 0 amide bonds. The van der Waals surface area contributed by atoms with Gasteiger partial charge in [0.1, 0.15) is 12.1 Å². The standard InChI is InChI=1S/C7H6N4S/c8-7-6(12-4-11-7)5-1-9-3-10-2-5/h1-4H,8H2.